The molecule has 0 saturated carbocycles. The van der Waals surface area contributed by atoms with Gasteiger partial charge in [0.1, 0.15) is 0 Å². The summed E-state index contributed by atoms with van der Waals surface area (Å²) in [5.74, 6) is 0. The molecule has 0 amide bonds. The Kier molecular flexibility index (Phi) is 10.8. The van der Waals surface area contributed by atoms with Gasteiger partial charge in [-0.1, -0.05) is 210 Å². The van der Waals surface area contributed by atoms with E-state index in [0.717, 1.165) is 79.2 Å². The van der Waals surface area contributed by atoms with Crippen molar-refractivity contribution in [3.05, 3.63) is 277 Å². The number of hydrogen-bond acceptors (Lipinski definition) is 4. The zero-order chi connectivity index (χ0) is 50.0. The Bertz CT molecular complexity index is 3610. The van der Waals surface area contributed by atoms with Gasteiger partial charge in [-0.15, -0.1) is 0 Å². The third-order valence-electron chi connectivity index (χ3n) is 15.5. The fraction of sp³-hybridized carbons (Fsp3) is 0.0857. The molecule has 2 aliphatic carbocycles. The molecule has 354 valence electrons. The van der Waals surface area contributed by atoms with Crippen LogP contribution in [0.5, 0.6) is 0 Å². The molecule has 0 aliphatic heterocycles. The fourth-order valence-electron chi connectivity index (χ4n) is 11.7. The standard InChI is InChI=1S/C70H54N4/c1-69(2)61-31-19-17-29-57(61)59-43-41-55(45-63(59)69)73(51-25-13-7-14-26-51)53-37-33-49(34-38-53)67-68(72-66(48-23-11-6-12-24-48)65(71-67)47-21-9-5-10-22-47)50-35-39-54(40-36-50)74(52-27-15-8-16-28-52)56-42-44-60-58-30-18-20-32-62(58)70(3,4)64(60)46-56/h5-46H,1-4H3. The number of benzene rings is 10. The summed E-state index contributed by atoms with van der Waals surface area (Å²) in [5, 5.41) is 0. The predicted octanol–water partition coefficient (Wildman–Crippen LogP) is 18.7. The molecular weight excluding hydrogens is 897 g/mol. The Balaban J connectivity index is 0.940. The molecule has 0 bridgehead atoms. The molecule has 1 aromatic heterocycles. The Labute approximate surface area is 434 Å². The lowest BCUT2D eigenvalue weighted by molar-refractivity contribution is 0.660. The van der Waals surface area contributed by atoms with E-state index >= 15 is 0 Å². The zero-order valence-corrected chi connectivity index (χ0v) is 42.0. The van der Waals surface area contributed by atoms with E-state index in [0.29, 0.717) is 0 Å². The number of para-hydroxylation sites is 2. The Hall–Kier alpha value is -9.12. The zero-order valence-electron chi connectivity index (χ0n) is 42.0. The molecular formula is C70H54N4. The summed E-state index contributed by atoms with van der Waals surface area (Å²) < 4.78 is 0. The van der Waals surface area contributed by atoms with E-state index in [9.17, 15) is 0 Å². The summed E-state index contributed by atoms with van der Waals surface area (Å²) in [6, 6.07) is 91.6. The summed E-state index contributed by atoms with van der Waals surface area (Å²) in [5.41, 5.74) is 24.1. The van der Waals surface area contributed by atoms with Crippen LogP contribution in [0.4, 0.5) is 34.1 Å². The maximum atomic E-state index is 5.66. The van der Waals surface area contributed by atoms with Gasteiger partial charge in [0.05, 0.1) is 22.8 Å². The third-order valence-corrected chi connectivity index (χ3v) is 15.5. The van der Waals surface area contributed by atoms with Crippen LogP contribution < -0.4 is 9.80 Å². The van der Waals surface area contributed by atoms with Crippen molar-refractivity contribution in [2.75, 3.05) is 9.80 Å². The number of hydrogen-bond donors (Lipinski definition) is 0. The van der Waals surface area contributed by atoms with E-state index in [1.165, 1.54) is 44.5 Å². The van der Waals surface area contributed by atoms with Gasteiger partial charge in [0.2, 0.25) is 0 Å². The Morgan fingerprint density at radius 1 is 0.243 bits per heavy atom. The molecule has 74 heavy (non-hydrogen) atoms. The van der Waals surface area contributed by atoms with Crippen molar-refractivity contribution in [1.82, 2.24) is 9.97 Å². The van der Waals surface area contributed by atoms with E-state index in [1.807, 2.05) is 0 Å². The third kappa shape index (κ3) is 7.52. The highest BCUT2D eigenvalue weighted by Gasteiger charge is 2.37. The second-order valence-electron chi connectivity index (χ2n) is 20.6. The fourth-order valence-corrected chi connectivity index (χ4v) is 11.7. The average molecular weight is 951 g/mol. The highest BCUT2D eigenvalue weighted by molar-refractivity contribution is 5.91. The van der Waals surface area contributed by atoms with Crippen molar-refractivity contribution in [1.29, 1.82) is 0 Å². The Morgan fingerprint density at radius 3 is 0.878 bits per heavy atom. The maximum absolute atomic E-state index is 5.66. The van der Waals surface area contributed by atoms with Gasteiger partial charge in [-0.2, -0.15) is 0 Å². The van der Waals surface area contributed by atoms with Gasteiger partial charge < -0.3 is 9.80 Å². The van der Waals surface area contributed by atoms with Crippen LogP contribution in [-0.2, 0) is 10.8 Å². The molecule has 13 rings (SSSR count). The van der Waals surface area contributed by atoms with E-state index in [-0.39, 0.29) is 10.8 Å². The smallest absolute Gasteiger partial charge is 0.0973 e. The summed E-state index contributed by atoms with van der Waals surface area (Å²) in [4.78, 5) is 16.0. The lowest BCUT2D eigenvalue weighted by Crippen LogP contribution is -2.16. The van der Waals surface area contributed by atoms with Crippen molar-refractivity contribution < 1.29 is 0 Å². The minimum absolute atomic E-state index is 0.129. The maximum Gasteiger partial charge on any atom is 0.0973 e. The average Bonchev–Trinajstić information content (AvgIpc) is 3.84. The molecule has 0 atom stereocenters. The first kappa shape index (κ1) is 44.8. The van der Waals surface area contributed by atoms with Crippen molar-refractivity contribution >= 4 is 34.1 Å². The van der Waals surface area contributed by atoms with Crippen LogP contribution in [0.15, 0.2) is 255 Å². The molecule has 0 unspecified atom stereocenters. The second kappa shape index (κ2) is 17.9. The monoisotopic (exact) mass is 950 g/mol. The van der Waals surface area contributed by atoms with E-state index in [1.54, 1.807) is 0 Å². The van der Waals surface area contributed by atoms with Gasteiger partial charge in [-0.05, 0) is 117 Å². The Morgan fingerprint density at radius 2 is 0.514 bits per heavy atom. The minimum atomic E-state index is -0.129. The molecule has 1 heterocycles. The molecule has 0 radical (unpaired) electrons. The van der Waals surface area contributed by atoms with Crippen LogP contribution in [0, 0.1) is 0 Å². The number of fused-ring (bicyclic) bond motifs is 6. The van der Waals surface area contributed by atoms with Crippen LogP contribution in [0.25, 0.3) is 67.3 Å². The molecule has 0 spiro atoms. The van der Waals surface area contributed by atoms with E-state index < -0.39 is 0 Å². The number of rotatable bonds is 10. The topological polar surface area (TPSA) is 32.3 Å². The summed E-state index contributed by atoms with van der Waals surface area (Å²) >= 11 is 0. The van der Waals surface area contributed by atoms with Crippen molar-refractivity contribution in [3.8, 4) is 67.3 Å². The van der Waals surface area contributed by atoms with Gasteiger partial charge in [0.25, 0.3) is 0 Å². The molecule has 2 aliphatic rings. The molecule has 11 aromatic rings. The normalized spacial score (nSPS) is 13.4. The van der Waals surface area contributed by atoms with Crippen molar-refractivity contribution in [2.45, 2.75) is 38.5 Å². The van der Waals surface area contributed by atoms with Crippen LogP contribution in [0.1, 0.15) is 49.9 Å². The number of nitrogens with zero attached hydrogens (tertiary/aromatic N) is 4. The number of anilines is 6. The van der Waals surface area contributed by atoms with E-state index in [2.05, 4.69) is 292 Å². The quantitative estimate of drug-likeness (QED) is 0.137. The highest BCUT2D eigenvalue weighted by atomic mass is 15.1. The minimum Gasteiger partial charge on any atom is -0.310 e. The molecule has 0 fully saturated rings. The van der Waals surface area contributed by atoms with Gasteiger partial charge >= 0.3 is 0 Å². The molecule has 0 N–H and O–H groups in total. The van der Waals surface area contributed by atoms with Gasteiger partial charge in [0, 0.05) is 67.2 Å². The van der Waals surface area contributed by atoms with Crippen LogP contribution in [0.2, 0.25) is 0 Å². The predicted molar refractivity (Wildman–Crippen MR) is 308 cm³/mol. The van der Waals surface area contributed by atoms with Gasteiger partial charge in [0.15, 0.2) is 0 Å². The molecule has 10 aromatic carbocycles. The summed E-state index contributed by atoms with van der Waals surface area (Å²) in [7, 11) is 0. The molecule has 4 nitrogen and oxygen atoms in total. The highest BCUT2D eigenvalue weighted by Crippen LogP contribution is 2.52. The largest absolute Gasteiger partial charge is 0.310 e. The summed E-state index contributed by atoms with van der Waals surface area (Å²) in [6.07, 6.45) is 0. The summed E-state index contributed by atoms with van der Waals surface area (Å²) in [6.45, 7) is 9.37. The van der Waals surface area contributed by atoms with Gasteiger partial charge in [-0.25, -0.2) is 9.97 Å². The van der Waals surface area contributed by atoms with E-state index in [4.69, 9.17) is 9.97 Å². The lowest BCUT2D eigenvalue weighted by atomic mass is 9.82. The molecule has 0 saturated heterocycles. The first-order valence-corrected chi connectivity index (χ1v) is 25.7. The second-order valence-corrected chi connectivity index (χ2v) is 20.6. The first-order chi connectivity index (χ1) is 36.2. The van der Waals surface area contributed by atoms with Crippen LogP contribution >= 0.6 is 0 Å². The SMILES string of the molecule is CC1(C)c2ccccc2-c2ccc(N(c3ccccc3)c3ccc(-c4nc(-c5ccccc5)c(-c5ccccc5)nc4-c4ccc(N(c5ccccc5)c5ccc6c(c5)C(C)(C)c5ccccc5-6)cc4)cc3)cc21. The lowest BCUT2D eigenvalue weighted by Gasteiger charge is -2.28. The van der Waals surface area contributed by atoms with Gasteiger partial charge in [-0.3, -0.25) is 0 Å². The van der Waals surface area contributed by atoms with Crippen molar-refractivity contribution in [2.24, 2.45) is 0 Å². The van der Waals surface area contributed by atoms with Crippen molar-refractivity contribution in [3.63, 3.8) is 0 Å². The number of aromatic nitrogens is 2. The van der Waals surface area contributed by atoms with Crippen LogP contribution in [-0.4, -0.2) is 9.97 Å². The first-order valence-electron chi connectivity index (χ1n) is 25.7. The molecule has 4 heteroatoms. The van der Waals surface area contributed by atoms with Crippen LogP contribution in [0.3, 0.4) is 0 Å².